The number of hydrogen-bond donors (Lipinski definition) is 1. The van der Waals surface area contributed by atoms with E-state index in [0.717, 1.165) is 25.2 Å². The van der Waals surface area contributed by atoms with Gasteiger partial charge in [0.05, 0.1) is 5.75 Å². The number of pyridine rings is 1. The summed E-state index contributed by atoms with van der Waals surface area (Å²) in [6.07, 6.45) is 3.65. The Morgan fingerprint density at radius 1 is 1.53 bits per heavy atom. The van der Waals surface area contributed by atoms with Crippen LogP contribution in [0.2, 0.25) is 0 Å². The summed E-state index contributed by atoms with van der Waals surface area (Å²) in [4.78, 5) is 6.36. The van der Waals surface area contributed by atoms with Gasteiger partial charge in [0, 0.05) is 18.8 Å². The largest absolute Gasteiger partial charge is 0.353 e. The first kappa shape index (κ1) is 12.3. The van der Waals surface area contributed by atoms with Crippen molar-refractivity contribution >= 4 is 15.8 Å². The Kier molecular flexibility index (Phi) is 3.63. The van der Waals surface area contributed by atoms with Crippen LogP contribution in [0, 0.1) is 0 Å². The van der Waals surface area contributed by atoms with Crippen LogP contribution in [0.1, 0.15) is 12.8 Å². The highest BCUT2D eigenvalue weighted by Gasteiger charge is 2.29. The molecule has 0 amide bonds. The van der Waals surface area contributed by atoms with Crippen molar-refractivity contribution in [2.45, 2.75) is 18.9 Å². The number of anilines is 1. The normalized spacial score (nSPS) is 20.8. The SMILES string of the molecule is CNS(=O)(=O)C[C@@H]1CCCN1c1ccccn1. The summed E-state index contributed by atoms with van der Waals surface area (Å²) in [7, 11) is -1.71. The topological polar surface area (TPSA) is 62.3 Å². The van der Waals surface area contributed by atoms with E-state index in [1.807, 2.05) is 18.2 Å². The maximum Gasteiger partial charge on any atom is 0.213 e. The molecule has 0 saturated carbocycles. The average molecular weight is 255 g/mol. The van der Waals surface area contributed by atoms with Gasteiger partial charge in [-0.05, 0) is 32.0 Å². The minimum Gasteiger partial charge on any atom is -0.353 e. The van der Waals surface area contributed by atoms with Gasteiger partial charge in [0.1, 0.15) is 5.82 Å². The molecule has 1 aromatic heterocycles. The van der Waals surface area contributed by atoms with Crippen molar-refractivity contribution in [3.63, 3.8) is 0 Å². The van der Waals surface area contributed by atoms with Crippen molar-refractivity contribution in [3.8, 4) is 0 Å². The summed E-state index contributed by atoms with van der Waals surface area (Å²) >= 11 is 0. The minimum atomic E-state index is -3.16. The molecular formula is C11H17N3O2S. The molecule has 0 bridgehead atoms. The molecule has 0 unspecified atom stereocenters. The zero-order valence-corrected chi connectivity index (χ0v) is 10.7. The fourth-order valence-corrected chi connectivity index (χ4v) is 3.19. The molecule has 6 heteroatoms. The van der Waals surface area contributed by atoms with Gasteiger partial charge in [-0.3, -0.25) is 0 Å². The molecule has 1 aromatic rings. The molecule has 1 aliphatic rings. The van der Waals surface area contributed by atoms with Crippen LogP contribution < -0.4 is 9.62 Å². The predicted molar refractivity (Wildman–Crippen MR) is 67.5 cm³/mol. The average Bonchev–Trinajstić information content (AvgIpc) is 2.77. The lowest BCUT2D eigenvalue weighted by Crippen LogP contribution is -2.38. The molecule has 0 spiro atoms. The summed E-state index contributed by atoms with van der Waals surface area (Å²) < 4.78 is 25.5. The Morgan fingerprint density at radius 3 is 3.00 bits per heavy atom. The number of hydrogen-bond acceptors (Lipinski definition) is 4. The standard InChI is InChI=1S/C11H17N3O2S/c1-12-17(15,16)9-10-5-4-8-14(10)11-6-2-3-7-13-11/h2-3,6-7,10,12H,4-5,8-9H2,1H3/t10-/m0/s1. The van der Waals surface area contributed by atoms with Crippen molar-refractivity contribution in [1.29, 1.82) is 0 Å². The maximum absolute atomic E-state index is 11.6. The van der Waals surface area contributed by atoms with Gasteiger partial charge in [0.2, 0.25) is 10.0 Å². The van der Waals surface area contributed by atoms with Gasteiger partial charge >= 0.3 is 0 Å². The summed E-state index contributed by atoms with van der Waals surface area (Å²) in [6, 6.07) is 5.73. The summed E-state index contributed by atoms with van der Waals surface area (Å²) in [5, 5.41) is 0. The number of nitrogens with one attached hydrogen (secondary N) is 1. The summed E-state index contributed by atoms with van der Waals surface area (Å²) in [5.74, 6) is 1.00. The predicted octanol–water partition coefficient (Wildman–Crippen LogP) is 0.600. The first-order valence-electron chi connectivity index (χ1n) is 5.71. The first-order valence-corrected chi connectivity index (χ1v) is 7.36. The van der Waals surface area contributed by atoms with Crippen LogP contribution in [-0.2, 0) is 10.0 Å². The number of sulfonamides is 1. The molecule has 0 radical (unpaired) electrons. The van der Waals surface area contributed by atoms with E-state index in [9.17, 15) is 8.42 Å². The van der Waals surface area contributed by atoms with Gasteiger partial charge in [0.15, 0.2) is 0 Å². The van der Waals surface area contributed by atoms with Crippen LogP contribution >= 0.6 is 0 Å². The van der Waals surface area contributed by atoms with Crippen LogP contribution in [0.25, 0.3) is 0 Å². The first-order chi connectivity index (χ1) is 8.12. The van der Waals surface area contributed by atoms with E-state index < -0.39 is 10.0 Å². The fourth-order valence-electron chi connectivity index (χ4n) is 2.17. The van der Waals surface area contributed by atoms with Crippen molar-refractivity contribution < 1.29 is 8.42 Å². The van der Waals surface area contributed by atoms with E-state index >= 15 is 0 Å². The third-order valence-corrected chi connectivity index (χ3v) is 4.49. The Bertz CT molecular complexity index is 461. The van der Waals surface area contributed by atoms with Gasteiger partial charge in [-0.15, -0.1) is 0 Å². The fraction of sp³-hybridized carbons (Fsp3) is 0.545. The van der Waals surface area contributed by atoms with Crippen LogP contribution in [-0.4, -0.2) is 38.8 Å². The minimum absolute atomic E-state index is 0.0300. The molecule has 94 valence electrons. The molecule has 1 fully saturated rings. The van der Waals surface area contributed by atoms with Crippen molar-refractivity contribution in [3.05, 3.63) is 24.4 Å². The number of nitrogens with zero attached hydrogens (tertiary/aromatic N) is 2. The lowest BCUT2D eigenvalue weighted by Gasteiger charge is -2.25. The van der Waals surface area contributed by atoms with Gasteiger partial charge in [-0.2, -0.15) is 0 Å². The molecule has 0 aliphatic carbocycles. The zero-order valence-electron chi connectivity index (χ0n) is 9.83. The Balaban J connectivity index is 2.13. The highest BCUT2D eigenvalue weighted by molar-refractivity contribution is 7.89. The van der Waals surface area contributed by atoms with Gasteiger partial charge in [-0.25, -0.2) is 18.1 Å². The van der Waals surface area contributed by atoms with Crippen molar-refractivity contribution in [1.82, 2.24) is 9.71 Å². The van der Waals surface area contributed by atoms with E-state index in [-0.39, 0.29) is 11.8 Å². The quantitative estimate of drug-likeness (QED) is 0.856. The van der Waals surface area contributed by atoms with Gasteiger partial charge in [0.25, 0.3) is 0 Å². The third kappa shape index (κ3) is 2.95. The van der Waals surface area contributed by atoms with E-state index in [2.05, 4.69) is 14.6 Å². The lowest BCUT2D eigenvalue weighted by molar-refractivity contribution is 0.577. The molecule has 5 nitrogen and oxygen atoms in total. The van der Waals surface area contributed by atoms with Gasteiger partial charge in [-0.1, -0.05) is 6.07 Å². The summed E-state index contributed by atoms with van der Waals surface area (Å²) in [6.45, 7) is 0.876. The molecule has 1 saturated heterocycles. The Labute approximate surface area is 102 Å². The third-order valence-electron chi connectivity index (χ3n) is 3.04. The van der Waals surface area contributed by atoms with E-state index in [1.54, 1.807) is 6.20 Å². The number of rotatable bonds is 4. The van der Waals surface area contributed by atoms with Crippen LogP contribution in [0.4, 0.5) is 5.82 Å². The zero-order chi connectivity index (χ0) is 12.3. The molecular weight excluding hydrogens is 238 g/mol. The molecule has 2 heterocycles. The highest BCUT2D eigenvalue weighted by atomic mass is 32.2. The molecule has 17 heavy (non-hydrogen) atoms. The maximum atomic E-state index is 11.6. The second-order valence-corrected chi connectivity index (χ2v) is 6.13. The van der Waals surface area contributed by atoms with Gasteiger partial charge < -0.3 is 4.90 Å². The second kappa shape index (κ2) is 5.01. The molecule has 1 N–H and O–H groups in total. The molecule has 0 aromatic carbocycles. The van der Waals surface area contributed by atoms with E-state index in [4.69, 9.17) is 0 Å². The molecule has 1 aliphatic heterocycles. The van der Waals surface area contributed by atoms with E-state index in [0.29, 0.717) is 0 Å². The van der Waals surface area contributed by atoms with Crippen LogP contribution in [0.15, 0.2) is 24.4 Å². The monoisotopic (exact) mass is 255 g/mol. The lowest BCUT2D eigenvalue weighted by atomic mass is 10.2. The van der Waals surface area contributed by atoms with Crippen molar-refractivity contribution in [2.24, 2.45) is 0 Å². The Morgan fingerprint density at radius 2 is 2.35 bits per heavy atom. The molecule has 2 rings (SSSR count). The second-order valence-electron chi connectivity index (χ2n) is 4.16. The number of aromatic nitrogens is 1. The molecule has 1 atom stereocenters. The Hall–Kier alpha value is -1.14. The highest BCUT2D eigenvalue weighted by Crippen LogP contribution is 2.24. The van der Waals surface area contributed by atoms with E-state index in [1.165, 1.54) is 7.05 Å². The van der Waals surface area contributed by atoms with Crippen LogP contribution in [0.5, 0.6) is 0 Å². The van der Waals surface area contributed by atoms with Crippen molar-refractivity contribution in [2.75, 3.05) is 24.2 Å². The smallest absolute Gasteiger partial charge is 0.213 e. The summed E-state index contributed by atoms with van der Waals surface area (Å²) in [5.41, 5.74) is 0. The van der Waals surface area contributed by atoms with Crippen LogP contribution in [0.3, 0.4) is 0 Å².